The van der Waals surface area contributed by atoms with E-state index < -0.39 is 0 Å². The summed E-state index contributed by atoms with van der Waals surface area (Å²) >= 11 is -0.0211. The van der Waals surface area contributed by atoms with E-state index in [1.807, 2.05) is 0 Å². The van der Waals surface area contributed by atoms with E-state index in [4.69, 9.17) is 0 Å². The first-order chi connectivity index (χ1) is 9.54. The number of hydrogen-bond donors (Lipinski definition) is 0. The molecule has 0 saturated heterocycles. The third kappa shape index (κ3) is 3.17. The Morgan fingerprint density at radius 3 is 1.65 bits per heavy atom. The zero-order chi connectivity index (χ0) is 14.7. The van der Waals surface area contributed by atoms with Crippen LogP contribution in [0.25, 0.3) is 11.1 Å². The van der Waals surface area contributed by atoms with Crippen LogP contribution in [0, 0.1) is 0 Å². The van der Waals surface area contributed by atoms with Crippen molar-refractivity contribution >= 4 is 19.8 Å². The molecule has 0 saturated carbocycles. The monoisotopic (exact) mass is 326 g/mol. The predicted octanol–water partition coefficient (Wildman–Crippen LogP) is 4.98. The molecule has 0 heterocycles. The summed E-state index contributed by atoms with van der Waals surface area (Å²) in [4.78, 5) is 0. The summed E-state index contributed by atoms with van der Waals surface area (Å²) in [6, 6.07) is 15.6. The van der Waals surface area contributed by atoms with Gasteiger partial charge < -0.3 is 0 Å². The Kier molecular flexibility index (Phi) is 5.09. The molecule has 0 nitrogen and oxygen atoms in total. The van der Waals surface area contributed by atoms with Crippen LogP contribution in [-0.4, -0.2) is 15.4 Å². The summed E-state index contributed by atoms with van der Waals surface area (Å²) in [7, 11) is 0. The van der Waals surface area contributed by atoms with Crippen molar-refractivity contribution in [1.29, 1.82) is 0 Å². The Labute approximate surface area is 130 Å². The van der Waals surface area contributed by atoms with Crippen LogP contribution in [0.3, 0.4) is 0 Å². The normalized spacial score (nSPS) is 11.3. The van der Waals surface area contributed by atoms with Gasteiger partial charge in [0, 0.05) is 0 Å². The van der Waals surface area contributed by atoms with Crippen molar-refractivity contribution in [3.63, 3.8) is 0 Å². The average Bonchev–Trinajstić information content (AvgIpc) is 2.46. The number of hydrogen-bond acceptors (Lipinski definition) is 0. The Hall–Kier alpha value is -1.02. The summed E-state index contributed by atoms with van der Waals surface area (Å²) in [6.07, 6.45) is 0. The molecule has 0 aliphatic heterocycles. The van der Waals surface area contributed by atoms with Gasteiger partial charge in [0.15, 0.2) is 0 Å². The van der Waals surface area contributed by atoms with Gasteiger partial charge in [-0.25, -0.2) is 0 Å². The first kappa shape index (κ1) is 15.4. The van der Waals surface area contributed by atoms with Crippen molar-refractivity contribution in [2.75, 3.05) is 0 Å². The Morgan fingerprint density at radius 1 is 0.750 bits per heavy atom. The van der Waals surface area contributed by atoms with Crippen molar-refractivity contribution in [1.82, 2.24) is 0 Å². The van der Waals surface area contributed by atoms with Crippen molar-refractivity contribution < 1.29 is 0 Å². The minimum atomic E-state index is -0.0211. The molecule has 2 aromatic carbocycles. The molecule has 0 amide bonds. The zero-order valence-electron chi connectivity index (χ0n) is 13.2. The van der Waals surface area contributed by atoms with Gasteiger partial charge in [0.25, 0.3) is 0 Å². The van der Waals surface area contributed by atoms with Gasteiger partial charge in [0.05, 0.1) is 0 Å². The van der Waals surface area contributed by atoms with Gasteiger partial charge in [-0.3, -0.25) is 0 Å². The molecular weight excluding hydrogens is 301 g/mol. The molecule has 104 valence electrons. The van der Waals surface area contributed by atoms with Crippen LogP contribution in [0.1, 0.15) is 50.7 Å². The van der Waals surface area contributed by atoms with Gasteiger partial charge in [-0.2, -0.15) is 0 Å². The second-order valence-corrected chi connectivity index (χ2v) is 8.05. The fraction of sp³-hybridized carbons (Fsp3) is 0.368. The van der Waals surface area contributed by atoms with Gasteiger partial charge >= 0.3 is 130 Å². The van der Waals surface area contributed by atoms with Crippen molar-refractivity contribution in [3.05, 3.63) is 53.6 Å². The molecule has 0 aromatic heterocycles. The third-order valence-corrected chi connectivity index (χ3v) is 6.06. The van der Waals surface area contributed by atoms with Crippen molar-refractivity contribution in [3.8, 4) is 11.1 Å². The van der Waals surface area contributed by atoms with Crippen LogP contribution in [0.15, 0.2) is 42.5 Å². The molecule has 20 heavy (non-hydrogen) atoms. The van der Waals surface area contributed by atoms with E-state index >= 15 is 0 Å². The first-order valence-electron chi connectivity index (χ1n) is 7.45. The zero-order valence-corrected chi connectivity index (χ0v) is 15.3. The molecule has 0 spiro atoms. The molecule has 1 heteroatoms. The van der Waals surface area contributed by atoms with E-state index in [0.717, 1.165) is 0 Å². The van der Waals surface area contributed by atoms with Crippen LogP contribution < -0.4 is 4.40 Å². The maximum absolute atomic E-state index is 2.42. The Bertz CT molecular complexity index is 539. The fourth-order valence-corrected chi connectivity index (χ4v) is 5.41. The van der Waals surface area contributed by atoms with Gasteiger partial charge in [0.1, 0.15) is 0 Å². The maximum atomic E-state index is 2.42. The van der Waals surface area contributed by atoms with Gasteiger partial charge in [-0.05, 0) is 0 Å². The minimum absolute atomic E-state index is 0.0211. The molecule has 0 atom stereocenters. The summed E-state index contributed by atoms with van der Waals surface area (Å²) in [5.41, 5.74) is 5.84. The molecule has 0 N–H and O–H groups in total. The fourth-order valence-electron chi connectivity index (χ4n) is 2.68. The van der Waals surface area contributed by atoms with E-state index in [2.05, 4.69) is 75.9 Å². The second kappa shape index (κ2) is 6.62. The van der Waals surface area contributed by atoms with E-state index in [0.29, 0.717) is 11.8 Å². The SMILES string of the molecule is [CH3][Ge][c]1c(C(C)C)cc(-c2ccccc2)cc1C(C)C. The molecule has 2 rings (SSSR count). The van der Waals surface area contributed by atoms with Crippen LogP contribution >= 0.6 is 0 Å². The Balaban J connectivity index is 2.66. The summed E-state index contributed by atoms with van der Waals surface area (Å²) in [5, 5.41) is 0. The van der Waals surface area contributed by atoms with Gasteiger partial charge in [0.2, 0.25) is 0 Å². The van der Waals surface area contributed by atoms with E-state index in [1.165, 1.54) is 11.1 Å². The van der Waals surface area contributed by atoms with E-state index in [9.17, 15) is 0 Å². The summed E-state index contributed by atoms with van der Waals surface area (Å²) in [6.45, 7) is 9.28. The summed E-state index contributed by atoms with van der Waals surface area (Å²) < 4.78 is 1.68. The van der Waals surface area contributed by atoms with Crippen LogP contribution in [0.4, 0.5) is 0 Å². The molecule has 0 fully saturated rings. The number of rotatable bonds is 4. The molecular formula is C19H24Ge. The molecule has 0 unspecified atom stereocenters. The standard InChI is InChI=1S/C19H24Ge/c1-13(2)17-11-16(15-9-7-6-8-10-15)12-18(14(3)4)19(17)20-5/h6-14H,1-5H3. The third-order valence-electron chi connectivity index (χ3n) is 3.80. The van der Waals surface area contributed by atoms with Crippen LogP contribution in [0.5, 0.6) is 0 Å². The summed E-state index contributed by atoms with van der Waals surface area (Å²) in [5.74, 6) is 3.61. The van der Waals surface area contributed by atoms with Gasteiger partial charge in [-0.15, -0.1) is 0 Å². The number of benzene rings is 2. The average molecular weight is 325 g/mol. The van der Waals surface area contributed by atoms with Crippen LogP contribution in [-0.2, 0) is 0 Å². The predicted molar refractivity (Wildman–Crippen MR) is 91.3 cm³/mol. The molecule has 0 aliphatic rings. The molecule has 0 aliphatic carbocycles. The van der Waals surface area contributed by atoms with E-state index in [1.54, 1.807) is 15.5 Å². The van der Waals surface area contributed by atoms with E-state index in [-0.39, 0.29) is 15.4 Å². The molecule has 2 aromatic rings. The van der Waals surface area contributed by atoms with Crippen LogP contribution in [0.2, 0.25) is 5.76 Å². The Morgan fingerprint density at radius 2 is 1.25 bits per heavy atom. The van der Waals surface area contributed by atoms with Crippen molar-refractivity contribution in [2.24, 2.45) is 0 Å². The topological polar surface area (TPSA) is 0 Å². The first-order valence-corrected chi connectivity index (χ1v) is 10.6. The molecule has 2 radical (unpaired) electrons. The van der Waals surface area contributed by atoms with Gasteiger partial charge in [-0.1, -0.05) is 0 Å². The second-order valence-electron chi connectivity index (χ2n) is 5.96. The van der Waals surface area contributed by atoms with Crippen molar-refractivity contribution in [2.45, 2.75) is 45.3 Å². The quantitative estimate of drug-likeness (QED) is 0.696. The molecule has 0 bridgehead atoms.